The van der Waals surface area contributed by atoms with Gasteiger partial charge in [-0.1, -0.05) is 30.3 Å². The molecule has 0 radical (unpaired) electrons. The molecule has 0 fully saturated rings. The Hall–Kier alpha value is -5.19. The minimum Gasteiger partial charge on any atom is -0.384 e. The van der Waals surface area contributed by atoms with E-state index < -0.39 is 11.6 Å². The molecule has 190 valence electrons. The highest BCUT2D eigenvalue weighted by Gasteiger charge is 2.12. The van der Waals surface area contributed by atoms with Crippen molar-refractivity contribution in [3.05, 3.63) is 112 Å². The molecule has 11 heteroatoms. The third-order valence-electron chi connectivity index (χ3n) is 6.03. The first-order valence-electron chi connectivity index (χ1n) is 11.5. The number of aromatic nitrogens is 4. The van der Waals surface area contributed by atoms with Gasteiger partial charge in [0, 0.05) is 24.5 Å². The highest BCUT2D eigenvalue weighted by Crippen LogP contribution is 2.23. The number of amidine groups is 1. The molecular weight excluding hydrogens is 490 g/mol. The van der Waals surface area contributed by atoms with Crippen molar-refractivity contribution in [1.29, 1.82) is 5.41 Å². The van der Waals surface area contributed by atoms with Crippen molar-refractivity contribution in [1.82, 2.24) is 19.5 Å². The van der Waals surface area contributed by atoms with Gasteiger partial charge < -0.3 is 16.8 Å². The van der Waals surface area contributed by atoms with Crippen LogP contribution in [-0.2, 0) is 13.1 Å². The highest BCUT2D eigenvalue weighted by atomic mass is 19.2. The predicted molar refractivity (Wildman–Crippen MR) is 142 cm³/mol. The summed E-state index contributed by atoms with van der Waals surface area (Å²) < 4.78 is 28.2. The summed E-state index contributed by atoms with van der Waals surface area (Å²) in [4.78, 5) is 26.0. The van der Waals surface area contributed by atoms with Crippen LogP contribution >= 0.6 is 0 Å². The van der Waals surface area contributed by atoms with E-state index in [-0.39, 0.29) is 23.8 Å². The van der Waals surface area contributed by atoms with Gasteiger partial charge in [-0.3, -0.25) is 14.8 Å². The van der Waals surface area contributed by atoms with Gasteiger partial charge in [0.1, 0.15) is 22.9 Å². The van der Waals surface area contributed by atoms with Gasteiger partial charge in [0.05, 0.1) is 24.0 Å². The van der Waals surface area contributed by atoms with Crippen LogP contribution < -0.4 is 22.3 Å². The number of rotatable bonds is 7. The first kappa shape index (κ1) is 24.5. The van der Waals surface area contributed by atoms with Crippen LogP contribution in [-0.4, -0.2) is 25.4 Å². The number of fused-ring (bicyclic) bond motifs is 1. The van der Waals surface area contributed by atoms with Crippen LogP contribution in [0.15, 0.2) is 78.1 Å². The molecule has 0 amide bonds. The quantitative estimate of drug-likeness (QED) is 0.192. The molecule has 0 saturated carbocycles. The van der Waals surface area contributed by atoms with E-state index in [1.54, 1.807) is 24.5 Å². The molecule has 0 saturated heterocycles. The Morgan fingerprint density at radius 1 is 0.947 bits per heavy atom. The SMILES string of the molecule is N=C(N)c1cc(-c2ccc(CNc3nccc4ncn(Cc5ccc(F)c(F)c5)c(=O)c34)cc2)cnc1N. The average molecular weight is 513 g/mol. The summed E-state index contributed by atoms with van der Waals surface area (Å²) >= 11 is 0. The minimum absolute atomic E-state index is 0.0279. The minimum atomic E-state index is -0.980. The van der Waals surface area contributed by atoms with Crippen molar-refractivity contribution in [3.8, 4) is 11.1 Å². The van der Waals surface area contributed by atoms with Gasteiger partial charge in [-0.25, -0.2) is 23.7 Å². The molecule has 0 aliphatic rings. The van der Waals surface area contributed by atoms with Gasteiger partial charge in [0.25, 0.3) is 5.56 Å². The van der Waals surface area contributed by atoms with Crippen LogP contribution in [0.3, 0.4) is 0 Å². The number of anilines is 2. The Kier molecular flexibility index (Phi) is 6.48. The van der Waals surface area contributed by atoms with Crippen molar-refractivity contribution >= 4 is 28.4 Å². The molecule has 0 bridgehead atoms. The number of nitrogens with one attached hydrogen (secondary N) is 2. The third-order valence-corrected chi connectivity index (χ3v) is 6.03. The summed E-state index contributed by atoms with van der Waals surface area (Å²) in [6.45, 7) is 0.405. The maximum atomic E-state index is 13.6. The topological polar surface area (TPSA) is 149 Å². The van der Waals surface area contributed by atoms with Gasteiger partial charge in [-0.15, -0.1) is 0 Å². The van der Waals surface area contributed by atoms with Gasteiger partial charge in [-0.2, -0.15) is 0 Å². The second-order valence-corrected chi connectivity index (χ2v) is 8.60. The zero-order valence-corrected chi connectivity index (χ0v) is 20.0. The van der Waals surface area contributed by atoms with Gasteiger partial charge >= 0.3 is 0 Å². The lowest BCUT2D eigenvalue weighted by molar-refractivity contribution is 0.506. The van der Waals surface area contributed by atoms with Crippen molar-refractivity contribution in [2.45, 2.75) is 13.1 Å². The van der Waals surface area contributed by atoms with Crippen LogP contribution in [0.25, 0.3) is 22.0 Å². The molecule has 3 heterocycles. The fourth-order valence-corrected chi connectivity index (χ4v) is 4.03. The Labute approximate surface area is 215 Å². The zero-order chi connectivity index (χ0) is 26.8. The molecule has 5 rings (SSSR count). The lowest BCUT2D eigenvalue weighted by Gasteiger charge is -2.11. The number of halogens is 2. The summed E-state index contributed by atoms with van der Waals surface area (Å²) in [5.41, 5.74) is 14.8. The Morgan fingerprint density at radius 3 is 2.45 bits per heavy atom. The molecule has 2 aromatic carbocycles. The molecular formula is C27H22F2N8O. The van der Waals surface area contributed by atoms with Gasteiger partial charge in [0.2, 0.25) is 0 Å². The first-order valence-corrected chi connectivity index (χ1v) is 11.5. The number of hydrogen-bond donors (Lipinski definition) is 4. The fraction of sp³-hybridized carbons (Fsp3) is 0.0741. The third kappa shape index (κ3) is 4.89. The number of nitrogens with two attached hydrogens (primary N) is 2. The molecule has 0 aliphatic heterocycles. The molecule has 5 aromatic rings. The van der Waals surface area contributed by atoms with Crippen molar-refractivity contribution in [3.63, 3.8) is 0 Å². The maximum absolute atomic E-state index is 13.6. The molecule has 6 N–H and O–H groups in total. The maximum Gasteiger partial charge on any atom is 0.265 e. The first-order chi connectivity index (χ1) is 18.3. The molecule has 0 spiro atoms. The molecule has 38 heavy (non-hydrogen) atoms. The van der Waals surface area contributed by atoms with E-state index in [4.69, 9.17) is 16.9 Å². The van der Waals surface area contributed by atoms with Crippen LogP contribution in [0.5, 0.6) is 0 Å². The number of hydrogen-bond acceptors (Lipinski definition) is 7. The average Bonchev–Trinajstić information content (AvgIpc) is 2.91. The molecule has 0 unspecified atom stereocenters. The van der Waals surface area contributed by atoms with E-state index in [0.29, 0.717) is 34.4 Å². The summed E-state index contributed by atoms with van der Waals surface area (Å²) in [6.07, 6.45) is 4.55. The van der Waals surface area contributed by atoms with E-state index in [1.807, 2.05) is 24.3 Å². The summed E-state index contributed by atoms with van der Waals surface area (Å²) in [7, 11) is 0. The van der Waals surface area contributed by atoms with Crippen LogP contribution in [0.4, 0.5) is 20.4 Å². The van der Waals surface area contributed by atoms with E-state index in [1.165, 1.54) is 17.0 Å². The zero-order valence-electron chi connectivity index (χ0n) is 20.0. The van der Waals surface area contributed by atoms with Gasteiger partial charge in [0.15, 0.2) is 11.6 Å². The Morgan fingerprint density at radius 2 is 1.71 bits per heavy atom. The van der Waals surface area contributed by atoms with E-state index in [2.05, 4.69) is 20.3 Å². The lowest BCUT2D eigenvalue weighted by Crippen LogP contribution is -2.22. The summed E-state index contributed by atoms with van der Waals surface area (Å²) in [5, 5.41) is 11.1. The number of benzene rings is 2. The Balaban J connectivity index is 1.37. The molecule has 0 atom stereocenters. The van der Waals surface area contributed by atoms with Crippen LogP contribution in [0.2, 0.25) is 0 Å². The second-order valence-electron chi connectivity index (χ2n) is 8.60. The fourth-order valence-electron chi connectivity index (χ4n) is 4.03. The van der Waals surface area contributed by atoms with Crippen LogP contribution in [0.1, 0.15) is 16.7 Å². The summed E-state index contributed by atoms with van der Waals surface area (Å²) in [6, 6.07) is 14.5. The normalized spacial score (nSPS) is 11.0. The number of nitrogen functional groups attached to an aromatic ring is 2. The molecule has 9 nitrogen and oxygen atoms in total. The largest absolute Gasteiger partial charge is 0.384 e. The van der Waals surface area contributed by atoms with E-state index >= 15 is 0 Å². The number of pyridine rings is 2. The summed E-state index contributed by atoms with van der Waals surface area (Å²) in [5.74, 6) is -1.53. The Bertz CT molecular complexity index is 1730. The standard InChI is InChI=1S/C27H22F2N8O/c28-20-6-3-16(9-21(20)29)13-37-14-36-22-7-8-33-26(23(22)27(37)38)35-11-15-1-4-17(5-2-15)18-10-19(24(30)31)25(32)34-12-18/h1-10,12,14H,11,13H2,(H3,30,31)(H2,32,34)(H,33,35). The van der Waals surface area contributed by atoms with E-state index in [0.717, 1.165) is 28.8 Å². The predicted octanol–water partition coefficient (Wildman–Crippen LogP) is 3.66. The van der Waals surface area contributed by atoms with Crippen molar-refractivity contribution < 1.29 is 8.78 Å². The molecule has 3 aromatic heterocycles. The van der Waals surface area contributed by atoms with Crippen molar-refractivity contribution in [2.75, 3.05) is 11.1 Å². The smallest absolute Gasteiger partial charge is 0.265 e. The van der Waals surface area contributed by atoms with Gasteiger partial charge in [-0.05, 0) is 41.0 Å². The second kappa shape index (κ2) is 10.1. The van der Waals surface area contributed by atoms with Crippen LogP contribution in [0, 0.1) is 17.0 Å². The number of nitrogens with zero attached hydrogens (tertiary/aromatic N) is 4. The monoisotopic (exact) mass is 512 g/mol. The molecule has 0 aliphatic carbocycles. The highest BCUT2D eigenvalue weighted by molar-refractivity contribution is 6.00. The van der Waals surface area contributed by atoms with Crippen molar-refractivity contribution in [2.24, 2.45) is 5.73 Å². The van der Waals surface area contributed by atoms with E-state index in [9.17, 15) is 13.6 Å². The lowest BCUT2D eigenvalue weighted by atomic mass is 10.0.